The van der Waals surface area contributed by atoms with Gasteiger partial charge in [0.15, 0.2) is 18.9 Å². The predicted octanol–water partition coefficient (Wildman–Crippen LogP) is 9.22. The van der Waals surface area contributed by atoms with Crippen LogP contribution in [0.15, 0.2) is 36.5 Å². The van der Waals surface area contributed by atoms with Gasteiger partial charge in [-0.15, -0.1) is 0 Å². The van der Waals surface area contributed by atoms with Crippen molar-refractivity contribution in [1.29, 1.82) is 0 Å². The Morgan fingerprint density at radius 1 is 0.409 bits per heavy atom. The van der Waals surface area contributed by atoms with E-state index in [-0.39, 0.29) is 18.9 Å². The average Bonchev–Trinajstić information content (AvgIpc) is 0.959. The molecule has 3 aliphatic rings. The van der Waals surface area contributed by atoms with E-state index >= 15 is 0 Å². The van der Waals surface area contributed by atoms with Crippen LogP contribution in [0.5, 0.6) is 0 Å². The summed E-state index contributed by atoms with van der Waals surface area (Å²) in [6.45, 7) is 1.55. The van der Waals surface area contributed by atoms with E-state index in [2.05, 4.69) is 36.5 Å². The molecule has 12 N–H and O–H groups in total. The van der Waals surface area contributed by atoms with Crippen LogP contribution in [0.4, 0.5) is 0 Å². The first kappa shape index (κ1) is 80.2. The van der Waals surface area contributed by atoms with Gasteiger partial charge in [-0.2, -0.15) is 0 Å². The third-order valence-electron chi connectivity index (χ3n) is 17.7. The molecule has 0 saturated carbocycles. The fraction of sp³-hybridized carbons (Fsp3) is 0.899. The summed E-state index contributed by atoms with van der Waals surface area (Å²) in [7, 11) is 0. The molecule has 3 saturated heterocycles. The molecule has 0 bridgehead atoms. The van der Waals surface area contributed by atoms with Crippen molar-refractivity contribution in [3.05, 3.63) is 36.5 Å². The number of aliphatic hydroxyl groups is 11. The van der Waals surface area contributed by atoms with Gasteiger partial charge in [-0.25, -0.2) is 0 Å². The Balaban J connectivity index is 1.20. The average molecular weight is 1260 g/mol. The Morgan fingerprint density at radius 2 is 0.761 bits per heavy atom. The number of carbonyl (C=O) groups is 1. The summed E-state index contributed by atoms with van der Waals surface area (Å²) in [6.07, 6.45) is 34.3. The minimum Gasteiger partial charge on any atom is -0.394 e. The highest BCUT2D eigenvalue weighted by atomic mass is 16.8. The third-order valence-corrected chi connectivity index (χ3v) is 17.7. The number of nitrogens with one attached hydrogen (secondary N) is 1. The molecule has 17 unspecified atom stereocenters. The van der Waals surface area contributed by atoms with Gasteiger partial charge < -0.3 is 89.9 Å². The maximum Gasteiger partial charge on any atom is 0.220 e. The minimum atomic E-state index is -1.97. The summed E-state index contributed by atoms with van der Waals surface area (Å²) in [5.41, 5.74) is 0. The Hall–Kier alpha value is -1.99. The second-order valence-corrected chi connectivity index (χ2v) is 25.3. The fourth-order valence-corrected chi connectivity index (χ4v) is 11.9. The molecular formula is C69H127NO18. The molecule has 0 aliphatic carbocycles. The summed E-state index contributed by atoms with van der Waals surface area (Å²) in [5.74, 6) is -0.281. The van der Waals surface area contributed by atoms with Gasteiger partial charge in [0.1, 0.15) is 73.2 Å². The molecule has 88 heavy (non-hydrogen) atoms. The Morgan fingerprint density at radius 3 is 1.18 bits per heavy atom. The second-order valence-electron chi connectivity index (χ2n) is 25.3. The maximum absolute atomic E-state index is 13.2. The van der Waals surface area contributed by atoms with E-state index in [1.54, 1.807) is 6.08 Å². The van der Waals surface area contributed by atoms with E-state index in [1.807, 2.05) is 13.0 Å². The summed E-state index contributed by atoms with van der Waals surface area (Å²) in [6, 6.07) is -0.966. The smallest absolute Gasteiger partial charge is 0.220 e. The van der Waals surface area contributed by atoms with Gasteiger partial charge in [0, 0.05) is 6.42 Å². The molecule has 3 rings (SSSR count). The molecule has 3 fully saturated rings. The van der Waals surface area contributed by atoms with Gasteiger partial charge >= 0.3 is 0 Å². The van der Waals surface area contributed by atoms with Gasteiger partial charge in [-0.05, 0) is 44.9 Å². The Bertz CT molecular complexity index is 1740. The zero-order valence-corrected chi connectivity index (χ0v) is 54.5. The monoisotopic (exact) mass is 1260 g/mol. The van der Waals surface area contributed by atoms with Crippen molar-refractivity contribution in [2.75, 3.05) is 26.4 Å². The maximum atomic E-state index is 13.2. The zero-order valence-electron chi connectivity index (χ0n) is 54.5. The number of aliphatic hydroxyl groups excluding tert-OH is 11. The topological polar surface area (TPSA) is 307 Å². The van der Waals surface area contributed by atoms with Crippen molar-refractivity contribution >= 4 is 5.91 Å². The molecule has 0 radical (unpaired) electrons. The fourth-order valence-electron chi connectivity index (χ4n) is 11.9. The molecule has 3 aliphatic heterocycles. The van der Waals surface area contributed by atoms with Crippen LogP contribution in [0.1, 0.15) is 264 Å². The van der Waals surface area contributed by atoms with Gasteiger partial charge in [0.2, 0.25) is 5.91 Å². The van der Waals surface area contributed by atoms with Crippen LogP contribution in [0, 0.1) is 0 Å². The quantitative estimate of drug-likeness (QED) is 0.0199. The summed E-state index contributed by atoms with van der Waals surface area (Å²) < 4.78 is 34.1. The molecule has 0 aromatic heterocycles. The normalized spacial score (nSPS) is 28.6. The van der Waals surface area contributed by atoms with Crippen molar-refractivity contribution < 1.29 is 89.4 Å². The number of unbranched alkanes of at least 4 members (excludes halogenated alkanes) is 34. The lowest BCUT2D eigenvalue weighted by atomic mass is 9.96. The molecular weight excluding hydrogens is 1130 g/mol. The van der Waals surface area contributed by atoms with E-state index in [0.717, 1.165) is 38.5 Å². The minimum absolute atomic E-state index is 0.245. The van der Waals surface area contributed by atoms with Crippen LogP contribution in [0.2, 0.25) is 0 Å². The number of hydrogen-bond acceptors (Lipinski definition) is 18. The van der Waals surface area contributed by atoms with Crippen molar-refractivity contribution in [1.82, 2.24) is 5.32 Å². The number of ether oxygens (including phenoxy) is 6. The molecule has 0 aromatic rings. The molecule has 17 atom stereocenters. The van der Waals surface area contributed by atoms with Crippen molar-refractivity contribution in [2.24, 2.45) is 0 Å². The van der Waals surface area contributed by atoms with Crippen LogP contribution in [0.25, 0.3) is 0 Å². The van der Waals surface area contributed by atoms with Crippen molar-refractivity contribution in [3.8, 4) is 0 Å². The number of rotatable bonds is 54. The number of carbonyl (C=O) groups excluding carboxylic acids is 1. The Kier molecular flexibility index (Phi) is 46.9. The molecule has 0 spiro atoms. The Labute approximate surface area is 530 Å². The number of hydrogen-bond donors (Lipinski definition) is 12. The number of allylic oxidation sites excluding steroid dienone is 5. The standard InChI is InChI=1S/C69H127NO18/c1-3-5-7-9-10-11-12-13-14-15-16-17-18-19-20-21-22-23-24-25-26-27-28-29-30-31-32-33-34-35-36-37-38-39-40-41-42-43-45-47-57(75)70-52(53(74)46-44-8-6-4-2)51-83-67-63(81)60(78)65(55(49-72)85-67)88-69-64(82)61(79)66(56(50-73)86-69)87-68-62(80)59(77)58(76)54(48-71)84-68/h12-13,15-16,44,46,52-56,58-69,71-74,76-82H,3-11,14,17-43,45,47-51H2,1-2H3,(H,70,75)/b13-12-,16-15-,46-44+. The lowest BCUT2D eigenvalue weighted by Crippen LogP contribution is -2.66. The molecule has 19 heteroatoms. The third kappa shape index (κ3) is 33.2. The molecule has 0 aromatic carbocycles. The highest BCUT2D eigenvalue weighted by molar-refractivity contribution is 5.76. The van der Waals surface area contributed by atoms with Crippen LogP contribution in [0.3, 0.4) is 0 Å². The summed E-state index contributed by atoms with van der Waals surface area (Å²) in [4.78, 5) is 13.2. The zero-order chi connectivity index (χ0) is 64.0. The van der Waals surface area contributed by atoms with Crippen LogP contribution >= 0.6 is 0 Å². The van der Waals surface area contributed by atoms with E-state index in [4.69, 9.17) is 28.4 Å². The van der Waals surface area contributed by atoms with Gasteiger partial charge in [-0.1, -0.05) is 249 Å². The predicted molar refractivity (Wildman–Crippen MR) is 342 cm³/mol. The second kappa shape index (κ2) is 51.4. The molecule has 3 heterocycles. The highest BCUT2D eigenvalue weighted by Gasteiger charge is 2.53. The lowest BCUT2D eigenvalue weighted by molar-refractivity contribution is -0.379. The number of amides is 1. The van der Waals surface area contributed by atoms with Gasteiger partial charge in [0.25, 0.3) is 0 Å². The lowest BCUT2D eigenvalue weighted by Gasteiger charge is -2.48. The first-order valence-corrected chi connectivity index (χ1v) is 35.2. The van der Waals surface area contributed by atoms with Gasteiger partial charge in [-0.3, -0.25) is 4.79 Å². The first-order valence-electron chi connectivity index (χ1n) is 35.2. The summed E-state index contributed by atoms with van der Waals surface area (Å²) >= 11 is 0. The van der Waals surface area contributed by atoms with E-state index in [1.165, 1.54) is 193 Å². The van der Waals surface area contributed by atoms with E-state index < -0.39 is 124 Å². The molecule has 516 valence electrons. The van der Waals surface area contributed by atoms with E-state index in [9.17, 15) is 61.0 Å². The molecule has 19 nitrogen and oxygen atoms in total. The van der Waals surface area contributed by atoms with Crippen LogP contribution in [-0.2, 0) is 33.2 Å². The summed E-state index contributed by atoms with van der Waals surface area (Å²) in [5, 5.41) is 119. The van der Waals surface area contributed by atoms with Crippen molar-refractivity contribution in [2.45, 2.75) is 369 Å². The SMILES string of the molecule is CCCC/C=C/C(O)C(COC1OC(CO)C(OC2OC(CO)C(OC3OC(CO)C(O)C(O)C3O)C(O)C2O)C(O)C1O)NC(=O)CCCCCCCCCCCCCCCCCCCCCCCCCCCCC/C=C\C/C=C\CCCCCCC. The van der Waals surface area contributed by atoms with Crippen LogP contribution < -0.4 is 5.32 Å². The highest BCUT2D eigenvalue weighted by Crippen LogP contribution is 2.33. The van der Waals surface area contributed by atoms with E-state index in [0.29, 0.717) is 12.8 Å². The van der Waals surface area contributed by atoms with Crippen molar-refractivity contribution in [3.63, 3.8) is 0 Å². The van der Waals surface area contributed by atoms with Crippen LogP contribution in [-0.4, -0.2) is 193 Å². The molecule has 1 amide bonds. The van der Waals surface area contributed by atoms with Gasteiger partial charge in [0.05, 0.1) is 38.6 Å². The largest absolute Gasteiger partial charge is 0.394 e. The first-order chi connectivity index (χ1) is 42.8.